The number of halogens is 3. The fraction of sp³-hybridized carbons (Fsp3) is 0.211. The molecule has 0 bridgehead atoms. The number of anilines is 1. The third kappa shape index (κ3) is 5.24. The van der Waals surface area contributed by atoms with Gasteiger partial charge in [-0.2, -0.15) is 8.78 Å². The molecule has 1 N–H and O–H groups in total. The third-order valence-corrected chi connectivity index (χ3v) is 5.09. The molecule has 0 aliphatic heterocycles. The molecule has 0 fully saturated rings. The molecule has 1 aromatic heterocycles. The Morgan fingerprint density at radius 3 is 2.62 bits per heavy atom. The van der Waals surface area contributed by atoms with Gasteiger partial charge in [-0.1, -0.05) is 35.9 Å². The maximum Gasteiger partial charge on any atom is 0.291 e. The number of hydrogen-bond acceptors (Lipinski definition) is 4. The Labute approximate surface area is 174 Å². The van der Waals surface area contributed by atoms with E-state index in [-0.39, 0.29) is 30.0 Å². The number of likely N-dealkylation sites (N-methyl/N-ethyl adjacent to an activating group) is 1. The number of para-hydroxylation sites is 3. The van der Waals surface area contributed by atoms with Gasteiger partial charge in [0.15, 0.2) is 5.16 Å². The van der Waals surface area contributed by atoms with Gasteiger partial charge in [-0.3, -0.25) is 9.59 Å². The van der Waals surface area contributed by atoms with Crippen LogP contribution in [0.15, 0.2) is 53.7 Å². The van der Waals surface area contributed by atoms with E-state index in [1.165, 1.54) is 16.5 Å². The number of alkyl halides is 2. The minimum Gasteiger partial charge on any atom is -0.335 e. The highest BCUT2D eigenvalue weighted by molar-refractivity contribution is 7.99. The van der Waals surface area contributed by atoms with Crippen LogP contribution in [0, 0.1) is 0 Å². The first-order chi connectivity index (χ1) is 13.8. The number of carbonyl (C=O) groups is 2. The van der Waals surface area contributed by atoms with E-state index < -0.39 is 17.6 Å². The molecule has 29 heavy (non-hydrogen) atoms. The molecule has 0 saturated carbocycles. The Hall–Kier alpha value is -2.65. The lowest BCUT2D eigenvalue weighted by atomic mass is 10.3. The highest BCUT2D eigenvalue weighted by Gasteiger charge is 2.20. The van der Waals surface area contributed by atoms with Gasteiger partial charge < -0.3 is 14.8 Å². The molecule has 0 spiro atoms. The number of rotatable bonds is 7. The van der Waals surface area contributed by atoms with E-state index in [1.54, 1.807) is 48.5 Å². The van der Waals surface area contributed by atoms with Crippen molar-refractivity contribution in [3.05, 3.63) is 53.6 Å². The normalized spacial score (nSPS) is 11.1. The largest absolute Gasteiger partial charge is 0.335 e. The summed E-state index contributed by atoms with van der Waals surface area (Å²) in [5.74, 6) is -3.51. The summed E-state index contributed by atoms with van der Waals surface area (Å²) in [5, 5.41) is 3.06. The Morgan fingerprint density at radius 2 is 1.90 bits per heavy atom. The third-order valence-electron chi connectivity index (χ3n) is 4.06. The van der Waals surface area contributed by atoms with Crippen molar-refractivity contribution in [2.45, 2.75) is 17.5 Å². The Balaban J connectivity index is 1.71. The predicted molar refractivity (Wildman–Crippen MR) is 109 cm³/mol. The van der Waals surface area contributed by atoms with E-state index in [2.05, 4.69) is 10.3 Å². The van der Waals surface area contributed by atoms with Crippen LogP contribution < -0.4 is 5.32 Å². The van der Waals surface area contributed by atoms with Gasteiger partial charge in [0.05, 0.1) is 28.3 Å². The van der Waals surface area contributed by atoms with Crippen molar-refractivity contribution in [1.82, 2.24) is 14.5 Å². The van der Waals surface area contributed by atoms with Crippen LogP contribution in [0.1, 0.15) is 0 Å². The lowest BCUT2D eigenvalue weighted by molar-refractivity contribution is -0.133. The molecular weight excluding hydrogens is 422 g/mol. The Bertz CT molecular complexity index is 1040. The van der Waals surface area contributed by atoms with Crippen molar-refractivity contribution in [3.8, 4) is 0 Å². The first-order valence-corrected chi connectivity index (χ1v) is 9.79. The number of imidazole rings is 1. The van der Waals surface area contributed by atoms with E-state index >= 15 is 0 Å². The summed E-state index contributed by atoms with van der Waals surface area (Å²) in [6, 6.07) is 13.6. The van der Waals surface area contributed by atoms with Gasteiger partial charge in [-0.25, -0.2) is 4.98 Å². The molecule has 2 aromatic carbocycles. The number of amides is 2. The SMILES string of the molecule is CN(CC(=O)Nc1ccccc1Cl)C(=O)Cn1c(SC(F)F)nc2ccccc21. The first-order valence-electron chi connectivity index (χ1n) is 8.53. The average Bonchev–Trinajstić information content (AvgIpc) is 3.00. The van der Waals surface area contributed by atoms with Crippen LogP contribution in [-0.4, -0.2) is 45.6 Å². The molecule has 3 aromatic rings. The number of hydrogen-bond donors (Lipinski definition) is 1. The molecule has 0 aliphatic carbocycles. The molecule has 3 rings (SSSR count). The summed E-state index contributed by atoms with van der Waals surface area (Å²) >= 11 is 6.28. The van der Waals surface area contributed by atoms with Crippen molar-refractivity contribution in [3.63, 3.8) is 0 Å². The fourth-order valence-corrected chi connectivity index (χ4v) is 3.47. The second kappa shape index (κ2) is 9.23. The average molecular weight is 439 g/mol. The fourth-order valence-electron chi connectivity index (χ4n) is 2.69. The van der Waals surface area contributed by atoms with Crippen LogP contribution in [-0.2, 0) is 16.1 Å². The van der Waals surface area contributed by atoms with Crippen molar-refractivity contribution in [2.75, 3.05) is 18.9 Å². The minimum atomic E-state index is -2.67. The van der Waals surface area contributed by atoms with Crippen molar-refractivity contribution >= 4 is 51.9 Å². The van der Waals surface area contributed by atoms with E-state index in [4.69, 9.17) is 11.6 Å². The molecule has 2 amide bonds. The topological polar surface area (TPSA) is 67.2 Å². The number of nitrogens with zero attached hydrogens (tertiary/aromatic N) is 3. The van der Waals surface area contributed by atoms with Crippen LogP contribution in [0.5, 0.6) is 0 Å². The number of carbonyl (C=O) groups excluding carboxylic acids is 2. The zero-order chi connectivity index (χ0) is 21.0. The summed E-state index contributed by atoms with van der Waals surface area (Å²) < 4.78 is 27.2. The van der Waals surface area contributed by atoms with Crippen LogP contribution in [0.25, 0.3) is 11.0 Å². The summed E-state index contributed by atoms with van der Waals surface area (Å²) in [4.78, 5) is 30.2. The van der Waals surface area contributed by atoms with Gasteiger partial charge in [0.2, 0.25) is 11.8 Å². The molecule has 10 heteroatoms. The molecule has 0 unspecified atom stereocenters. The molecule has 6 nitrogen and oxygen atoms in total. The van der Waals surface area contributed by atoms with E-state index in [9.17, 15) is 18.4 Å². The van der Waals surface area contributed by atoms with Gasteiger partial charge in [-0.15, -0.1) is 0 Å². The summed E-state index contributed by atoms with van der Waals surface area (Å²) in [5.41, 5.74) is 1.52. The monoisotopic (exact) mass is 438 g/mol. The molecule has 0 radical (unpaired) electrons. The number of fused-ring (bicyclic) bond motifs is 1. The zero-order valence-corrected chi connectivity index (χ0v) is 16.9. The smallest absolute Gasteiger partial charge is 0.291 e. The second-order valence-corrected chi connectivity index (χ2v) is 7.49. The molecule has 0 aliphatic rings. The summed E-state index contributed by atoms with van der Waals surface area (Å²) in [7, 11) is 1.47. The predicted octanol–water partition coefficient (Wildman–Crippen LogP) is 4.10. The van der Waals surface area contributed by atoms with Crippen LogP contribution in [0.2, 0.25) is 5.02 Å². The van der Waals surface area contributed by atoms with Gasteiger partial charge in [0.25, 0.3) is 5.76 Å². The Morgan fingerprint density at radius 1 is 1.21 bits per heavy atom. The van der Waals surface area contributed by atoms with E-state index in [1.807, 2.05) is 0 Å². The van der Waals surface area contributed by atoms with Crippen LogP contribution in [0.4, 0.5) is 14.5 Å². The van der Waals surface area contributed by atoms with Gasteiger partial charge >= 0.3 is 0 Å². The molecule has 0 saturated heterocycles. The Kier molecular flexibility index (Phi) is 6.71. The number of benzene rings is 2. The number of thioether (sulfide) groups is 1. The van der Waals surface area contributed by atoms with Gasteiger partial charge in [0, 0.05) is 7.05 Å². The first kappa shape index (κ1) is 21.1. The van der Waals surface area contributed by atoms with Crippen LogP contribution in [0.3, 0.4) is 0 Å². The number of nitrogens with one attached hydrogen (secondary N) is 1. The number of aromatic nitrogens is 2. The van der Waals surface area contributed by atoms with Gasteiger partial charge in [-0.05, 0) is 36.0 Å². The maximum atomic E-state index is 12.9. The molecule has 152 valence electrons. The lowest BCUT2D eigenvalue weighted by Gasteiger charge is -2.18. The molecular formula is C19H17ClF2N4O2S. The van der Waals surface area contributed by atoms with Crippen molar-refractivity contribution in [2.24, 2.45) is 0 Å². The van der Waals surface area contributed by atoms with Crippen molar-refractivity contribution < 1.29 is 18.4 Å². The minimum absolute atomic E-state index is 0.0449. The lowest BCUT2D eigenvalue weighted by Crippen LogP contribution is -2.37. The zero-order valence-electron chi connectivity index (χ0n) is 15.3. The molecule has 1 heterocycles. The van der Waals surface area contributed by atoms with Crippen molar-refractivity contribution in [1.29, 1.82) is 0 Å². The highest BCUT2D eigenvalue weighted by atomic mass is 35.5. The van der Waals surface area contributed by atoms with E-state index in [0.29, 0.717) is 21.7 Å². The highest BCUT2D eigenvalue weighted by Crippen LogP contribution is 2.28. The van der Waals surface area contributed by atoms with E-state index in [0.717, 1.165) is 0 Å². The molecule has 0 atom stereocenters. The quantitative estimate of drug-likeness (QED) is 0.564. The maximum absolute atomic E-state index is 12.9. The standard InChI is InChI=1S/C19H17ClF2N4O2S/c1-25(10-16(27)23-13-7-3-2-6-12(13)20)17(28)11-26-15-9-5-4-8-14(15)24-19(26)29-18(21)22/h2-9,18H,10-11H2,1H3,(H,23,27). The van der Waals surface area contributed by atoms with Gasteiger partial charge in [0.1, 0.15) is 6.54 Å². The summed E-state index contributed by atoms with van der Waals surface area (Å²) in [6.45, 7) is -0.431. The van der Waals surface area contributed by atoms with Crippen LogP contribution >= 0.6 is 23.4 Å². The second-order valence-electron chi connectivity index (χ2n) is 6.13. The summed E-state index contributed by atoms with van der Waals surface area (Å²) in [6.07, 6.45) is 0.